The Labute approximate surface area is 130 Å². The number of nitrogens with zero attached hydrogens (tertiary/aromatic N) is 2. The number of rotatable bonds is 1. The zero-order valence-electron chi connectivity index (χ0n) is 14.2. The number of imide groups is 1. The Balaban J connectivity index is 3.89. The maximum absolute atomic E-state index is 11.4. The highest BCUT2D eigenvalue weighted by Gasteiger charge is 2.35. The van der Waals surface area contributed by atoms with Gasteiger partial charge in [-0.3, -0.25) is 0 Å². The first-order chi connectivity index (χ1) is 9.78. The van der Waals surface area contributed by atoms with Crippen molar-refractivity contribution in [1.29, 1.82) is 0 Å². The molecule has 0 spiro atoms. The molecule has 0 unspecified atom stereocenters. The van der Waals surface area contributed by atoms with Crippen molar-refractivity contribution in [3.05, 3.63) is 22.9 Å². The van der Waals surface area contributed by atoms with Gasteiger partial charge in [-0.1, -0.05) is 41.5 Å². The average Bonchev–Trinajstić information content (AvgIpc) is 2.26. The molecule has 0 atom stereocenters. The Kier molecular flexibility index (Phi) is 4.56. The van der Waals surface area contributed by atoms with E-state index in [4.69, 9.17) is 0 Å². The Morgan fingerprint density at radius 1 is 0.955 bits per heavy atom. The first-order valence-electron chi connectivity index (χ1n) is 7.05. The number of carboxylic acid groups (broad SMARTS) is 2. The second-order valence-electron chi connectivity index (χ2n) is 7.42. The van der Waals surface area contributed by atoms with Crippen LogP contribution >= 0.6 is 0 Å². The summed E-state index contributed by atoms with van der Waals surface area (Å²) in [7, 11) is 0. The van der Waals surface area contributed by atoms with Crippen LogP contribution in [0.4, 0.5) is 15.4 Å². The highest BCUT2D eigenvalue weighted by Crippen LogP contribution is 2.40. The molecule has 0 aliphatic heterocycles. The summed E-state index contributed by atoms with van der Waals surface area (Å²) >= 11 is 0. The molecule has 1 rings (SSSR count). The van der Waals surface area contributed by atoms with Crippen molar-refractivity contribution in [2.45, 2.75) is 59.3 Å². The average molecular weight is 308 g/mol. The molecule has 0 aliphatic rings. The number of pyridine rings is 1. The van der Waals surface area contributed by atoms with Crippen LogP contribution in [0, 0.1) is 6.92 Å². The van der Waals surface area contributed by atoms with Gasteiger partial charge < -0.3 is 10.2 Å². The molecule has 0 aromatic carbocycles. The van der Waals surface area contributed by atoms with Crippen molar-refractivity contribution in [3.63, 3.8) is 0 Å². The monoisotopic (exact) mass is 308 g/mol. The van der Waals surface area contributed by atoms with E-state index in [1.807, 2.05) is 48.5 Å². The normalized spacial score (nSPS) is 12.1. The fourth-order valence-electron chi connectivity index (χ4n) is 2.71. The SMILES string of the molecule is Cc1cnc(N(C(=O)O)C(=O)O)c(C(C)(C)C)c1C(C)(C)C. The van der Waals surface area contributed by atoms with Crippen LogP contribution in [0.25, 0.3) is 0 Å². The molecule has 0 saturated heterocycles. The maximum Gasteiger partial charge on any atom is 0.422 e. The third kappa shape index (κ3) is 3.37. The zero-order valence-corrected chi connectivity index (χ0v) is 14.2. The largest absolute Gasteiger partial charge is 0.464 e. The number of aromatic nitrogens is 1. The fraction of sp³-hybridized carbons (Fsp3) is 0.562. The van der Waals surface area contributed by atoms with Gasteiger partial charge >= 0.3 is 12.2 Å². The summed E-state index contributed by atoms with van der Waals surface area (Å²) < 4.78 is 0. The Morgan fingerprint density at radius 2 is 1.36 bits per heavy atom. The first kappa shape index (κ1) is 17.9. The molecule has 6 nitrogen and oxygen atoms in total. The van der Waals surface area contributed by atoms with E-state index >= 15 is 0 Å². The van der Waals surface area contributed by atoms with Gasteiger partial charge in [-0.05, 0) is 28.9 Å². The highest BCUT2D eigenvalue weighted by atomic mass is 16.4. The molecular weight excluding hydrogens is 284 g/mol. The number of amides is 2. The van der Waals surface area contributed by atoms with Crippen molar-refractivity contribution >= 4 is 18.0 Å². The number of anilines is 1. The third-order valence-electron chi connectivity index (χ3n) is 3.34. The minimum atomic E-state index is -1.56. The van der Waals surface area contributed by atoms with Gasteiger partial charge in [-0.25, -0.2) is 14.6 Å². The first-order valence-corrected chi connectivity index (χ1v) is 7.05. The molecule has 0 fully saturated rings. The van der Waals surface area contributed by atoms with Crippen LogP contribution in [0.2, 0.25) is 0 Å². The Bertz CT molecular complexity index is 596. The van der Waals surface area contributed by atoms with E-state index in [1.54, 1.807) is 0 Å². The lowest BCUT2D eigenvalue weighted by atomic mass is 9.74. The molecule has 22 heavy (non-hydrogen) atoms. The molecular formula is C16H24N2O4. The van der Waals surface area contributed by atoms with Gasteiger partial charge in [-0.2, -0.15) is 4.90 Å². The quantitative estimate of drug-likeness (QED) is 0.813. The molecule has 0 bridgehead atoms. The summed E-state index contributed by atoms with van der Waals surface area (Å²) in [6, 6.07) is 0. The third-order valence-corrected chi connectivity index (χ3v) is 3.34. The van der Waals surface area contributed by atoms with Crippen LogP contribution < -0.4 is 4.90 Å². The van der Waals surface area contributed by atoms with Crippen LogP contribution in [0.1, 0.15) is 58.2 Å². The van der Waals surface area contributed by atoms with Crippen LogP contribution in [-0.2, 0) is 10.8 Å². The van der Waals surface area contributed by atoms with E-state index in [1.165, 1.54) is 6.20 Å². The van der Waals surface area contributed by atoms with Crippen molar-refractivity contribution in [1.82, 2.24) is 4.98 Å². The van der Waals surface area contributed by atoms with Crippen molar-refractivity contribution < 1.29 is 19.8 Å². The van der Waals surface area contributed by atoms with Gasteiger partial charge in [0.05, 0.1) is 0 Å². The molecule has 1 aromatic rings. The number of hydrogen-bond acceptors (Lipinski definition) is 3. The molecule has 2 amide bonds. The molecule has 1 aromatic heterocycles. The highest BCUT2D eigenvalue weighted by molar-refractivity contribution is 6.07. The minimum Gasteiger partial charge on any atom is -0.464 e. The van der Waals surface area contributed by atoms with E-state index in [0.717, 1.165) is 11.1 Å². The van der Waals surface area contributed by atoms with Gasteiger partial charge in [-0.15, -0.1) is 0 Å². The van der Waals surface area contributed by atoms with E-state index in [0.29, 0.717) is 5.56 Å². The second-order valence-corrected chi connectivity index (χ2v) is 7.42. The Hall–Kier alpha value is -2.11. The molecule has 6 heteroatoms. The summed E-state index contributed by atoms with van der Waals surface area (Å²) in [4.78, 5) is 27.2. The van der Waals surface area contributed by atoms with E-state index in [2.05, 4.69) is 4.98 Å². The molecule has 0 aliphatic carbocycles. The number of hydrogen-bond donors (Lipinski definition) is 2. The predicted octanol–water partition coefficient (Wildman–Crippen LogP) is 4.15. The fourth-order valence-corrected chi connectivity index (χ4v) is 2.71. The van der Waals surface area contributed by atoms with E-state index < -0.39 is 17.6 Å². The van der Waals surface area contributed by atoms with Gasteiger partial charge in [0.1, 0.15) is 0 Å². The van der Waals surface area contributed by atoms with E-state index in [-0.39, 0.29) is 16.1 Å². The van der Waals surface area contributed by atoms with Crippen molar-refractivity contribution in [3.8, 4) is 0 Å². The summed E-state index contributed by atoms with van der Waals surface area (Å²) in [6.45, 7) is 13.7. The number of carbonyl (C=O) groups is 2. The lowest BCUT2D eigenvalue weighted by Gasteiger charge is -2.34. The second kappa shape index (κ2) is 5.59. The maximum atomic E-state index is 11.4. The predicted molar refractivity (Wildman–Crippen MR) is 84.9 cm³/mol. The molecule has 122 valence electrons. The van der Waals surface area contributed by atoms with Crippen LogP contribution in [0.3, 0.4) is 0 Å². The Morgan fingerprint density at radius 3 is 1.68 bits per heavy atom. The van der Waals surface area contributed by atoms with Gasteiger partial charge in [0.15, 0.2) is 5.82 Å². The lowest BCUT2D eigenvalue weighted by Crippen LogP contribution is -2.38. The smallest absolute Gasteiger partial charge is 0.422 e. The zero-order chi connectivity index (χ0) is 17.5. The van der Waals surface area contributed by atoms with Gasteiger partial charge in [0.2, 0.25) is 0 Å². The summed E-state index contributed by atoms with van der Waals surface area (Å²) in [5.74, 6) is -0.0389. The van der Waals surface area contributed by atoms with Gasteiger partial charge in [0, 0.05) is 11.8 Å². The number of aryl methyl sites for hydroxylation is 1. The van der Waals surface area contributed by atoms with Crippen LogP contribution in [0.15, 0.2) is 6.20 Å². The molecule has 0 saturated carbocycles. The summed E-state index contributed by atoms with van der Waals surface area (Å²) in [5, 5.41) is 18.5. The summed E-state index contributed by atoms with van der Waals surface area (Å²) in [5.41, 5.74) is 1.76. The standard InChI is InChI=1S/C16H24N2O4/c1-9-8-17-12(18(13(19)20)14(21)22)11(16(5,6)7)10(9)15(2,3)4/h8H,1-7H3,(H,19,20)(H,21,22). The van der Waals surface area contributed by atoms with Gasteiger partial charge in [0.25, 0.3) is 0 Å². The van der Waals surface area contributed by atoms with Crippen molar-refractivity contribution in [2.24, 2.45) is 0 Å². The topological polar surface area (TPSA) is 90.7 Å². The summed E-state index contributed by atoms with van der Waals surface area (Å²) in [6.07, 6.45) is -1.59. The molecule has 1 heterocycles. The minimum absolute atomic E-state index is 0.0389. The van der Waals surface area contributed by atoms with Crippen LogP contribution in [0.5, 0.6) is 0 Å². The van der Waals surface area contributed by atoms with Crippen LogP contribution in [-0.4, -0.2) is 27.4 Å². The van der Waals surface area contributed by atoms with Crippen molar-refractivity contribution in [2.75, 3.05) is 4.90 Å². The molecule has 2 N–H and O–H groups in total. The lowest BCUT2D eigenvalue weighted by molar-refractivity contribution is 0.184. The van der Waals surface area contributed by atoms with E-state index in [9.17, 15) is 19.8 Å². The molecule has 0 radical (unpaired) electrons.